The zero-order valence-corrected chi connectivity index (χ0v) is 7.66. The van der Waals surface area contributed by atoms with Gasteiger partial charge in [-0.3, -0.25) is 0 Å². The lowest BCUT2D eigenvalue weighted by molar-refractivity contribution is 0.141. The summed E-state index contributed by atoms with van der Waals surface area (Å²) in [5, 5.41) is 0. The van der Waals surface area contributed by atoms with E-state index in [1.54, 1.807) is 0 Å². The molecule has 2 heteroatoms. The van der Waals surface area contributed by atoms with E-state index in [0.717, 1.165) is 25.5 Å². The van der Waals surface area contributed by atoms with Crippen LogP contribution >= 0.6 is 11.6 Å². The van der Waals surface area contributed by atoms with Gasteiger partial charge in [-0.25, -0.2) is 0 Å². The summed E-state index contributed by atoms with van der Waals surface area (Å²) in [7, 11) is 0. The molecule has 0 bridgehead atoms. The Morgan fingerprint density at radius 2 is 2.20 bits per heavy atom. The van der Waals surface area contributed by atoms with Gasteiger partial charge in [0.25, 0.3) is 0 Å². The lowest BCUT2D eigenvalue weighted by atomic mass is 10.1. The van der Waals surface area contributed by atoms with Crippen LogP contribution in [-0.4, -0.2) is 19.1 Å². The van der Waals surface area contributed by atoms with E-state index in [-0.39, 0.29) is 0 Å². The predicted octanol–water partition coefficient (Wildman–Crippen LogP) is 2.68. The van der Waals surface area contributed by atoms with Gasteiger partial charge in [0.15, 0.2) is 0 Å². The molecule has 0 saturated heterocycles. The standard InChI is InChI=1S/C8H17ClO/c1-3-10-6-4-5-8(2)7-9/h8H,3-7H2,1-2H3. The van der Waals surface area contributed by atoms with Gasteiger partial charge in [0.2, 0.25) is 0 Å². The maximum absolute atomic E-state index is 5.62. The van der Waals surface area contributed by atoms with E-state index in [4.69, 9.17) is 16.3 Å². The number of hydrogen-bond acceptors (Lipinski definition) is 1. The quantitative estimate of drug-likeness (QED) is 0.433. The molecule has 0 aromatic carbocycles. The second kappa shape index (κ2) is 7.36. The first-order valence-electron chi connectivity index (χ1n) is 3.95. The Hall–Kier alpha value is 0.250. The lowest BCUT2D eigenvalue weighted by Crippen LogP contribution is -2.00. The van der Waals surface area contributed by atoms with E-state index in [1.165, 1.54) is 6.42 Å². The fraction of sp³-hybridized carbons (Fsp3) is 1.00. The molecule has 0 aliphatic carbocycles. The van der Waals surface area contributed by atoms with Crippen molar-refractivity contribution in [2.75, 3.05) is 19.1 Å². The third kappa shape index (κ3) is 6.37. The smallest absolute Gasteiger partial charge is 0.0465 e. The largest absolute Gasteiger partial charge is 0.382 e. The van der Waals surface area contributed by atoms with Crippen molar-refractivity contribution in [1.29, 1.82) is 0 Å². The van der Waals surface area contributed by atoms with Crippen molar-refractivity contribution in [3.63, 3.8) is 0 Å². The molecule has 0 spiro atoms. The number of rotatable bonds is 6. The Balaban J connectivity index is 2.89. The van der Waals surface area contributed by atoms with Crippen molar-refractivity contribution in [3.05, 3.63) is 0 Å². The van der Waals surface area contributed by atoms with Gasteiger partial charge in [-0.1, -0.05) is 6.92 Å². The molecule has 62 valence electrons. The Kier molecular flexibility index (Phi) is 7.54. The van der Waals surface area contributed by atoms with E-state index in [1.807, 2.05) is 6.92 Å². The van der Waals surface area contributed by atoms with Crippen LogP contribution in [-0.2, 0) is 4.74 Å². The third-order valence-corrected chi connectivity index (χ3v) is 1.98. The van der Waals surface area contributed by atoms with Gasteiger partial charge < -0.3 is 4.74 Å². The highest BCUT2D eigenvalue weighted by atomic mass is 35.5. The monoisotopic (exact) mass is 164 g/mol. The second-order valence-corrected chi connectivity index (χ2v) is 2.91. The molecule has 0 aromatic rings. The van der Waals surface area contributed by atoms with Crippen molar-refractivity contribution in [2.45, 2.75) is 26.7 Å². The normalized spacial score (nSPS) is 13.5. The third-order valence-electron chi connectivity index (χ3n) is 1.45. The molecular formula is C8H17ClO. The van der Waals surface area contributed by atoms with Crippen LogP contribution in [0.3, 0.4) is 0 Å². The van der Waals surface area contributed by atoms with E-state index in [9.17, 15) is 0 Å². The van der Waals surface area contributed by atoms with Gasteiger partial charge in [-0.15, -0.1) is 11.6 Å². The summed E-state index contributed by atoms with van der Waals surface area (Å²) >= 11 is 5.62. The van der Waals surface area contributed by atoms with Gasteiger partial charge in [-0.2, -0.15) is 0 Å². The molecule has 0 saturated carbocycles. The number of halogens is 1. The molecule has 1 unspecified atom stereocenters. The van der Waals surface area contributed by atoms with Crippen LogP contribution in [0.1, 0.15) is 26.7 Å². The summed E-state index contributed by atoms with van der Waals surface area (Å²) in [5.41, 5.74) is 0. The van der Waals surface area contributed by atoms with Crippen molar-refractivity contribution < 1.29 is 4.74 Å². The molecule has 0 rings (SSSR count). The van der Waals surface area contributed by atoms with Crippen LogP contribution in [0.4, 0.5) is 0 Å². The van der Waals surface area contributed by atoms with Crippen LogP contribution < -0.4 is 0 Å². The molecule has 10 heavy (non-hydrogen) atoms. The van der Waals surface area contributed by atoms with Gasteiger partial charge in [0, 0.05) is 19.1 Å². The van der Waals surface area contributed by atoms with Gasteiger partial charge >= 0.3 is 0 Å². The summed E-state index contributed by atoms with van der Waals surface area (Å²) < 4.78 is 5.19. The Morgan fingerprint density at radius 1 is 1.50 bits per heavy atom. The topological polar surface area (TPSA) is 9.23 Å². The second-order valence-electron chi connectivity index (χ2n) is 2.60. The van der Waals surface area contributed by atoms with Crippen molar-refractivity contribution in [2.24, 2.45) is 5.92 Å². The van der Waals surface area contributed by atoms with Crippen LogP contribution in [0, 0.1) is 5.92 Å². The minimum absolute atomic E-state index is 0.641. The molecule has 0 amide bonds. The van der Waals surface area contributed by atoms with E-state index >= 15 is 0 Å². The molecule has 0 heterocycles. The zero-order valence-electron chi connectivity index (χ0n) is 6.90. The average molecular weight is 165 g/mol. The first-order chi connectivity index (χ1) is 4.81. The molecule has 0 N–H and O–H groups in total. The average Bonchev–Trinajstić information content (AvgIpc) is 1.98. The summed E-state index contributed by atoms with van der Waals surface area (Å²) in [6.07, 6.45) is 2.32. The molecule has 0 radical (unpaired) electrons. The highest BCUT2D eigenvalue weighted by molar-refractivity contribution is 6.18. The Morgan fingerprint density at radius 3 is 2.70 bits per heavy atom. The molecule has 0 aliphatic heterocycles. The van der Waals surface area contributed by atoms with Crippen LogP contribution in [0.15, 0.2) is 0 Å². The SMILES string of the molecule is CCOCCCC(C)CCl. The highest BCUT2D eigenvalue weighted by Gasteiger charge is 1.97. The number of ether oxygens (including phenoxy) is 1. The molecule has 0 fully saturated rings. The number of alkyl halides is 1. The van der Waals surface area contributed by atoms with Gasteiger partial charge in [0.05, 0.1) is 0 Å². The summed E-state index contributed by atoms with van der Waals surface area (Å²) in [6, 6.07) is 0. The fourth-order valence-corrected chi connectivity index (χ4v) is 0.910. The van der Waals surface area contributed by atoms with Crippen molar-refractivity contribution in [1.82, 2.24) is 0 Å². The molecule has 1 atom stereocenters. The van der Waals surface area contributed by atoms with Crippen LogP contribution in [0.2, 0.25) is 0 Å². The maximum Gasteiger partial charge on any atom is 0.0465 e. The fourth-order valence-electron chi connectivity index (χ4n) is 0.755. The summed E-state index contributed by atoms with van der Waals surface area (Å²) in [5.74, 6) is 1.41. The van der Waals surface area contributed by atoms with Crippen LogP contribution in [0.5, 0.6) is 0 Å². The lowest BCUT2D eigenvalue weighted by Gasteiger charge is -2.05. The van der Waals surface area contributed by atoms with Gasteiger partial charge in [-0.05, 0) is 25.7 Å². The minimum Gasteiger partial charge on any atom is -0.382 e. The van der Waals surface area contributed by atoms with E-state index in [0.29, 0.717) is 5.92 Å². The van der Waals surface area contributed by atoms with Gasteiger partial charge in [0.1, 0.15) is 0 Å². The van der Waals surface area contributed by atoms with Crippen molar-refractivity contribution in [3.8, 4) is 0 Å². The summed E-state index contributed by atoms with van der Waals surface area (Å²) in [6.45, 7) is 5.90. The first-order valence-corrected chi connectivity index (χ1v) is 4.48. The maximum atomic E-state index is 5.62. The predicted molar refractivity (Wildman–Crippen MR) is 45.6 cm³/mol. The first kappa shape index (κ1) is 10.2. The van der Waals surface area contributed by atoms with E-state index in [2.05, 4.69) is 6.92 Å². The molecular weight excluding hydrogens is 148 g/mol. The Bertz CT molecular complexity index is 66.3. The zero-order chi connectivity index (χ0) is 7.82. The number of hydrogen-bond donors (Lipinski definition) is 0. The molecule has 0 aliphatic rings. The van der Waals surface area contributed by atoms with E-state index < -0.39 is 0 Å². The summed E-state index contributed by atoms with van der Waals surface area (Å²) in [4.78, 5) is 0. The van der Waals surface area contributed by atoms with Crippen molar-refractivity contribution >= 4 is 11.6 Å². The minimum atomic E-state index is 0.641. The Labute approximate surface area is 68.7 Å². The molecule has 0 aromatic heterocycles. The van der Waals surface area contributed by atoms with Crippen LogP contribution in [0.25, 0.3) is 0 Å². The molecule has 1 nitrogen and oxygen atoms in total. The highest BCUT2D eigenvalue weighted by Crippen LogP contribution is 2.06.